The first kappa shape index (κ1) is 16.7. The fourth-order valence-electron chi connectivity index (χ4n) is 2.59. The second kappa shape index (κ2) is 7.07. The van der Waals surface area contributed by atoms with Gasteiger partial charge in [0.05, 0.1) is 0 Å². The molecular formula is C18H25NO3. The molecule has 0 saturated heterocycles. The minimum atomic E-state index is -1.60. The van der Waals surface area contributed by atoms with E-state index in [0.29, 0.717) is 5.56 Å². The van der Waals surface area contributed by atoms with Gasteiger partial charge in [-0.05, 0) is 30.5 Å². The molecule has 0 aromatic heterocycles. The number of rotatable bonds is 5. The van der Waals surface area contributed by atoms with Crippen molar-refractivity contribution in [2.24, 2.45) is 5.92 Å². The summed E-state index contributed by atoms with van der Waals surface area (Å²) in [5, 5.41) is 10.9. The molecule has 0 radical (unpaired) electrons. The number of nitrogens with zero attached hydrogens (tertiary/aromatic N) is 1. The SMILES string of the molecule is CC(C)[C@](O)(C(=O)OCC1=CCN(C)CC1)c1ccccc1. The molecule has 1 aromatic rings. The fourth-order valence-corrected chi connectivity index (χ4v) is 2.59. The van der Waals surface area contributed by atoms with Gasteiger partial charge in [0.1, 0.15) is 6.61 Å². The number of ether oxygens (including phenoxy) is 1. The molecule has 0 aliphatic carbocycles. The van der Waals surface area contributed by atoms with Crippen LogP contribution in [0.5, 0.6) is 0 Å². The Bertz CT molecular complexity index is 539. The zero-order chi connectivity index (χ0) is 16.2. The van der Waals surface area contributed by atoms with Crippen LogP contribution in [0, 0.1) is 5.92 Å². The van der Waals surface area contributed by atoms with Crippen molar-refractivity contribution in [2.75, 3.05) is 26.7 Å². The Balaban J connectivity index is 2.08. The number of hydrogen-bond acceptors (Lipinski definition) is 4. The molecule has 0 spiro atoms. The molecule has 2 rings (SSSR count). The number of carbonyl (C=O) groups is 1. The highest BCUT2D eigenvalue weighted by atomic mass is 16.5. The smallest absolute Gasteiger partial charge is 0.343 e. The van der Waals surface area contributed by atoms with Crippen LogP contribution in [0.2, 0.25) is 0 Å². The van der Waals surface area contributed by atoms with Crippen molar-refractivity contribution in [2.45, 2.75) is 25.9 Å². The molecule has 0 unspecified atom stereocenters. The van der Waals surface area contributed by atoms with Crippen molar-refractivity contribution in [1.29, 1.82) is 0 Å². The van der Waals surface area contributed by atoms with Crippen LogP contribution in [0.15, 0.2) is 42.0 Å². The molecule has 1 aromatic carbocycles. The summed E-state index contributed by atoms with van der Waals surface area (Å²) in [5.41, 5.74) is 0.0887. The third-order valence-corrected chi connectivity index (χ3v) is 4.26. The summed E-state index contributed by atoms with van der Waals surface area (Å²) in [4.78, 5) is 14.7. The van der Waals surface area contributed by atoms with Crippen LogP contribution < -0.4 is 0 Å². The maximum Gasteiger partial charge on any atom is 0.343 e. The van der Waals surface area contributed by atoms with Crippen LogP contribution in [0.25, 0.3) is 0 Å². The molecule has 22 heavy (non-hydrogen) atoms. The largest absolute Gasteiger partial charge is 0.459 e. The first-order valence-electron chi connectivity index (χ1n) is 7.76. The Morgan fingerprint density at radius 1 is 1.36 bits per heavy atom. The summed E-state index contributed by atoms with van der Waals surface area (Å²) >= 11 is 0. The average molecular weight is 303 g/mol. The standard InChI is InChI=1S/C18H25NO3/c1-14(2)18(21,16-7-5-4-6-8-16)17(20)22-13-15-9-11-19(3)12-10-15/h4-9,14,21H,10-13H2,1-3H3/t18-/m1/s1. The molecule has 1 heterocycles. The summed E-state index contributed by atoms with van der Waals surface area (Å²) in [7, 11) is 2.06. The maximum atomic E-state index is 12.5. The molecule has 120 valence electrons. The zero-order valence-electron chi connectivity index (χ0n) is 13.6. The lowest BCUT2D eigenvalue weighted by Crippen LogP contribution is -2.42. The Morgan fingerprint density at radius 2 is 2.05 bits per heavy atom. The third kappa shape index (κ3) is 3.57. The number of carbonyl (C=O) groups excluding carboxylic acids is 1. The minimum absolute atomic E-state index is 0.258. The highest BCUT2D eigenvalue weighted by Gasteiger charge is 2.42. The van der Waals surface area contributed by atoms with Gasteiger partial charge in [-0.1, -0.05) is 50.3 Å². The van der Waals surface area contributed by atoms with Gasteiger partial charge in [-0.25, -0.2) is 4.79 Å². The molecule has 0 amide bonds. The van der Waals surface area contributed by atoms with Gasteiger partial charge < -0.3 is 14.7 Å². The molecule has 1 N–H and O–H groups in total. The van der Waals surface area contributed by atoms with E-state index in [2.05, 4.69) is 18.0 Å². The summed E-state index contributed by atoms with van der Waals surface area (Å²) in [6.07, 6.45) is 2.99. The van der Waals surface area contributed by atoms with Gasteiger partial charge in [0.15, 0.2) is 5.60 Å². The molecular weight excluding hydrogens is 278 g/mol. The first-order valence-corrected chi connectivity index (χ1v) is 7.76. The lowest BCUT2D eigenvalue weighted by Gasteiger charge is -2.30. The molecule has 0 saturated carbocycles. The van der Waals surface area contributed by atoms with Gasteiger partial charge in [-0.15, -0.1) is 0 Å². The monoisotopic (exact) mass is 303 g/mol. The predicted octanol–water partition coefficient (Wildman–Crippen LogP) is 2.34. The van der Waals surface area contributed by atoms with Crippen LogP contribution in [0.3, 0.4) is 0 Å². The number of esters is 1. The number of benzene rings is 1. The first-order chi connectivity index (χ1) is 10.4. The van der Waals surface area contributed by atoms with Crippen molar-refractivity contribution in [3.05, 3.63) is 47.5 Å². The number of likely N-dealkylation sites (N-methyl/N-ethyl adjacent to an activating group) is 1. The summed E-state index contributed by atoms with van der Waals surface area (Å²) in [5.74, 6) is -0.845. The van der Waals surface area contributed by atoms with Crippen LogP contribution >= 0.6 is 0 Å². The molecule has 4 nitrogen and oxygen atoms in total. The Hall–Kier alpha value is -1.65. The van der Waals surface area contributed by atoms with E-state index in [-0.39, 0.29) is 12.5 Å². The lowest BCUT2D eigenvalue weighted by atomic mass is 9.83. The van der Waals surface area contributed by atoms with Gasteiger partial charge in [0.25, 0.3) is 0 Å². The topological polar surface area (TPSA) is 49.8 Å². The zero-order valence-corrected chi connectivity index (χ0v) is 13.6. The molecule has 1 aliphatic heterocycles. The Labute approximate surface area is 132 Å². The van der Waals surface area contributed by atoms with E-state index in [1.807, 2.05) is 32.0 Å². The molecule has 0 fully saturated rings. The fraction of sp³-hybridized carbons (Fsp3) is 0.500. The van der Waals surface area contributed by atoms with Gasteiger partial charge >= 0.3 is 5.97 Å². The van der Waals surface area contributed by atoms with Crippen molar-refractivity contribution in [1.82, 2.24) is 4.90 Å². The molecule has 4 heteroatoms. The van der Waals surface area contributed by atoms with Crippen LogP contribution in [0.1, 0.15) is 25.8 Å². The van der Waals surface area contributed by atoms with E-state index in [1.54, 1.807) is 12.1 Å². The molecule has 1 atom stereocenters. The third-order valence-electron chi connectivity index (χ3n) is 4.26. The van der Waals surface area contributed by atoms with E-state index in [1.165, 1.54) is 0 Å². The minimum Gasteiger partial charge on any atom is -0.459 e. The second-order valence-electron chi connectivity index (χ2n) is 6.24. The van der Waals surface area contributed by atoms with Gasteiger partial charge in [0.2, 0.25) is 0 Å². The summed E-state index contributed by atoms with van der Waals surface area (Å²) in [6.45, 7) is 5.75. The summed E-state index contributed by atoms with van der Waals surface area (Å²) in [6, 6.07) is 9.01. The molecule has 1 aliphatic rings. The second-order valence-corrected chi connectivity index (χ2v) is 6.24. The van der Waals surface area contributed by atoms with Crippen molar-refractivity contribution >= 4 is 5.97 Å². The highest BCUT2D eigenvalue weighted by Crippen LogP contribution is 2.31. The van der Waals surface area contributed by atoms with E-state index in [4.69, 9.17) is 4.74 Å². The van der Waals surface area contributed by atoms with E-state index in [9.17, 15) is 9.90 Å². The average Bonchev–Trinajstić information content (AvgIpc) is 2.53. The number of hydrogen-bond donors (Lipinski definition) is 1. The van der Waals surface area contributed by atoms with Crippen molar-refractivity contribution in [3.63, 3.8) is 0 Å². The van der Waals surface area contributed by atoms with E-state index < -0.39 is 11.6 Å². The van der Waals surface area contributed by atoms with Crippen LogP contribution in [-0.2, 0) is 15.1 Å². The summed E-state index contributed by atoms with van der Waals surface area (Å²) < 4.78 is 5.42. The molecule has 0 bridgehead atoms. The van der Waals surface area contributed by atoms with Crippen molar-refractivity contribution < 1.29 is 14.6 Å². The predicted molar refractivity (Wildman–Crippen MR) is 86.3 cm³/mol. The van der Waals surface area contributed by atoms with Gasteiger partial charge in [0, 0.05) is 13.1 Å². The highest BCUT2D eigenvalue weighted by molar-refractivity contribution is 5.81. The quantitative estimate of drug-likeness (QED) is 0.670. The van der Waals surface area contributed by atoms with Crippen molar-refractivity contribution in [3.8, 4) is 0 Å². The van der Waals surface area contributed by atoms with Gasteiger partial charge in [-0.2, -0.15) is 0 Å². The van der Waals surface area contributed by atoms with E-state index >= 15 is 0 Å². The van der Waals surface area contributed by atoms with Crippen LogP contribution in [-0.4, -0.2) is 42.7 Å². The maximum absolute atomic E-state index is 12.5. The Morgan fingerprint density at radius 3 is 2.59 bits per heavy atom. The van der Waals surface area contributed by atoms with Crippen LogP contribution in [0.4, 0.5) is 0 Å². The lowest BCUT2D eigenvalue weighted by molar-refractivity contribution is -0.171. The normalized spacial score (nSPS) is 18.7. The van der Waals surface area contributed by atoms with E-state index in [0.717, 1.165) is 25.1 Å². The van der Waals surface area contributed by atoms with Gasteiger partial charge in [-0.3, -0.25) is 0 Å². The Kier molecular flexibility index (Phi) is 5.37. The number of aliphatic hydroxyl groups is 1.